The molecule has 7 heteroatoms. The van der Waals surface area contributed by atoms with Crippen molar-refractivity contribution < 1.29 is 14.3 Å². The van der Waals surface area contributed by atoms with E-state index in [0.717, 1.165) is 11.1 Å². The number of rotatable bonds is 7. The van der Waals surface area contributed by atoms with Crippen LogP contribution in [0.3, 0.4) is 0 Å². The third kappa shape index (κ3) is 5.44. The van der Waals surface area contributed by atoms with E-state index in [-0.39, 0.29) is 12.1 Å². The number of nitrogens with one attached hydrogen (secondary N) is 2. The van der Waals surface area contributed by atoms with Gasteiger partial charge in [0.15, 0.2) is 11.5 Å². The minimum absolute atomic E-state index is 0.189. The molecule has 0 saturated carbocycles. The second kappa shape index (κ2) is 9.55. The van der Waals surface area contributed by atoms with Crippen LogP contribution in [0.15, 0.2) is 36.4 Å². The highest BCUT2D eigenvalue weighted by Crippen LogP contribution is 2.27. The molecule has 0 saturated heterocycles. The van der Waals surface area contributed by atoms with Gasteiger partial charge in [-0.15, -0.1) is 0 Å². The zero-order valence-corrected chi connectivity index (χ0v) is 16.4. The van der Waals surface area contributed by atoms with Crippen LogP contribution in [0.25, 0.3) is 0 Å². The molecular weight excluding hydrogens is 375 g/mol. The molecule has 2 amide bonds. The first-order chi connectivity index (χ1) is 12.4. The van der Waals surface area contributed by atoms with Crippen LogP contribution in [0.2, 0.25) is 10.0 Å². The summed E-state index contributed by atoms with van der Waals surface area (Å²) in [5, 5.41) is 6.67. The fourth-order valence-corrected chi connectivity index (χ4v) is 2.78. The van der Waals surface area contributed by atoms with Crippen molar-refractivity contribution in [3.05, 3.63) is 57.6 Å². The summed E-state index contributed by atoms with van der Waals surface area (Å²) < 4.78 is 10.5. The zero-order valence-electron chi connectivity index (χ0n) is 14.9. The van der Waals surface area contributed by atoms with E-state index in [0.29, 0.717) is 34.5 Å². The monoisotopic (exact) mass is 396 g/mol. The summed E-state index contributed by atoms with van der Waals surface area (Å²) in [6, 6.07) is 10.6. The van der Waals surface area contributed by atoms with Crippen molar-refractivity contribution in [3.8, 4) is 11.5 Å². The Kier molecular flexibility index (Phi) is 7.42. The Morgan fingerprint density at radius 3 is 2.42 bits per heavy atom. The van der Waals surface area contributed by atoms with Crippen molar-refractivity contribution in [2.24, 2.45) is 0 Å². The molecule has 2 rings (SSSR count). The van der Waals surface area contributed by atoms with Crippen LogP contribution >= 0.6 is 23.2 Å². The average Bonchev–Trinajstić information content (AvgIpc) is 2.63. The van der Waals surface area contributed by atoms with Crippen LogP contribution in [0.5, 0.6) is 11.5 Å². The highest BCUT2D eigenvalue weighted by atomic mass is 35.5. The molecule has 0 aromatic heterocycles. The van der Waals surface area contributed by atoms with Gasteiger partial charge in [-0.3, -0.25) is 0 Å². The smallest absolute Gasteiger partial charge is 0.315 e. The molecule has 0 bridgehead atoms. The average molecular weight is 397 g/mol. The molecule has 140 valence electrons. The maximum Gasteiger partial charge on any atom is 0.315 e. The number of halogens is 2. The first kappa shape index (κ1) is 20.2. The lowest BCUT2D eigenvalue weighted by atomic mass is 10.1. The Hall–Kier alpha value is -2.11. The summed E-state index contributed by atoms with van der Waals surface area (Å²) in [4.78, 5) is 12.1. The Balaban J connectivity index is 1.84. The minimum Gasteiger partial charge on any atom is -0.493 e. The summed E-state index contributed by atoms with van der Waals surface area (Å²) >= 11 is 11.9. The largest absolute Gasteiger partial charge is 0.493 e. The molecule has 0 spiro atoms. The molecular formula is C19H22Cl2N2O3. The molecule has 1 unspecified atom stereocenters. The molecule has 0 aliphatic heterocycles. The van der Waals surface area contributed by atoms with Gasteiger partial charge in [-0.2, -0.15) is 0 Å². The first-order valence-corrected chi connectivity index (χ1v) is 8.90. The van der Waals surface area contributed by atoms with Crippen LogP contribution in [0.1, 0.15) is 24.1 Å². The van der Waals surface area contributed by atoms with Crippen molar-refractivity contribution in [2.75, 3.05) is 20.8 Å². The minimum atomic E-state index is -0.246. The van der Waals surface area contributed by atoms with Gasteiger partial charge in [0.25, 0.3) is 0 Å². The number of carbonyl (C=O) groups is 1. The van der Waals surface area contributed by atoms with Gasteiger partial charge in [-0.25, -0.2) is 4.79 Å². The van der Waals surface area contributed by atoms with Gasteiger partial charge in [0, 0.05) is 6.54 Å². The first-order valence-electron chi connectivity index (χ1n) is 8.14. The lowest BCUT2D eigenvalue weighted by Gasteiger charge is -2.16. The van der Waals surface area contributed by atoms with E-state index < -0.39 is 0 Å². The second-order valence-corrected chi connectivity index (χ2v) is 6.55. The molecule has 5 nitrogen and oxygen atoms in total. The maximum atomic E-state index is 12.1. The third-order valence-electron chi connectivity index (χ3n) is 3.94. The number of urea groups is 1. The lowest BCUT2D eigenvalue weighted by molar-refractivity contribution is 0.238. The third-order valence-corrected chi connectivity index (χ3v) is 4.68. The molecule has 26 heavy (non-hydrogen) atoms. The normalized spacial score (nSPS) is 11.6. The Bertz CT molecular complexity index is 768. The van der Waals surface area contributed by atoms with E-state index in [1.165, 1.54) is 0 Å². The summed E-state index contributed by atoms with van der Waals surface area (Å²) in [5.41, 5.74) is 1.93. The van der Waals surface area contributed by atoms with E-state index in [1.807, 2.05) is 31.2 Å². The van der Waals surface area contributed by atoms with Crippen molar-refractivity contribution >= 4 is 29.2 Å². The molecule has 0 aliphatic rings. The van der Waals surface area contributed by atoms with Crippen LogP contribution in [-0.4, -0.2) is 26.8 Å². The molecule has 0 radical (unpaired) electrons. The molecule has 0 heterocycles. The van der Waals surface area contributed by atoms with Gasteiger partial charge < -0.3 is 20.1 Å². The summed E-state index contributed by atoms with van der Waals surface area (Å²) in [6.45, 7) is 2.38. The zero-order chi connectivity index (χ0) is 19.1. The van der Waals surface area contributed by atoms with Gasteiger partial charge in [0.1, 0.15) is 0 Å². The van der Waals surface area contributed by atoms with Crippen LogP contribution < -0.4 is 20.1 Å². The van der Waals surface area contributed by atoms with Crippen molar-refractivity contribution in [2.45, 2.75) is 19.4 Å². The van der Waals surface area contributed by atoms with Crippen molar-refractivity contribution in [1.82, 2.24) is 10.6 Å². The van der Waals surface area contributed by atoms with E-state index >= 15 is 0 Å². The Morgan fingerprint density at radius 2 is 1.77 bits per heavy atom. The fraction of sp³-hybridized carbons (Fsp3) is 0.316. The molecule has 2 aromatic rings. The predicted octanol–water partition coefficient (Wildman–Crippen LogP) is 4.61. The van der Waals surface area contributed by atoms with Crippen molar-refractivity contribution in [1.29, 1.82) is 0 Å². The van der Waals surface area contributed by atoms with E-state index in [4.69, 9.17) is 32.7 Å². The lowest BCUT2D eigenvalue weighted by Crippen LogP contribution is -2.38. The molecule has 0 fully saturated rings. The highest BCUT2D eigenvalue weighted by Gasteiger charge is 2.11. The Labute approximate surface area is 163 Å². The summed E-state index contributed by atoms with van der Waals surface area (Å²) in [6.07, 6.45) is 0.676. The number of amides is 2. The van der Waals surface area contributed by atoms with Crippen LogP contribution in [-0.2, 0) is 6.42 Å². The quantitative estimate of drug-likeness (QED) is 0.717. The number of ether oxygens (including phenoxy) is 2. The number of methoxy groups -OCH3 is 2. The predicted molar refractivity (Wildman–Crippen MR) is 105 cm³/mol. The van der Waals surface area contributed by atoms with Gasteiger partial charge >= 0.3 is 6.03 Å². The van der Waals surface area contributed by atoms with E-state index in [9.17, 15) is 4.79 Å². The number of hydrogen-bond acceptors (Lipinski definition) is 3. The van der Waals surface area contributed by atoms with Gasteiger partial charge in [0.2, 0.25) is 0 Å². The van der Waals surface area contributed by atoms with Gasteiger partial charge in [-0.05, 0) is 48.7 Å². The molecule has 2 aromatic carbocycles. The van der Waals surface area contributed by atoms with Gasteiger partial charge in [0.05, 0.1) is 30.3 Å². The second-order valence-electron chi connectivity index (χ2n) is 5.73. The number of hydrogen-bond donors (Lipinski definition) is 2. The van der Waals surface area contributed by atoms with Crippen LogP contribution in [0, 0.1) is 0 Å². The maximum absolute atomic E-state index is 12.1. The number of benzene rings is 2. The van der Waals surface area contributed by atoms with Gasteiger partial charge in [-0.1, -0.05) is 35.3 Å². The fourth-order valence-electron chi connectivity index (χ4n) is 2.47. The molecule has 0 aliphatic carbocycles. The Morgan fingerprint density at radius 1 is 1.04 bits per heavy atom. The van der Waals surface area contributed by atoms with E-state index in [1.54, 1.807) is 26.4 Å². The number of carbonyl (C=O) groups excluding carboxylic acids is 1. The summed E-state index contributed by atoms with van der Waals surface area (Å²) in [5.74, 6) is 1.35. The summed E-state index contributed by atoms with van der Waals surface area (Å²) in [7, 11) is 3.19. The highest BCUT2D eigenvalue weighted by molar-refractivity contribution is 6.42. The van der Waals surface area contributed by atoms with E-state index in [2.05, 4.69) is 10.6 Å². The molecule has 1 atom stereocenters. The van der Waals surface area contributed by atoms with Crippen LogP contribution in [0.4, 0.5) is 4.79 Å². The van der Waals surface area contributed by atoms with Crippen molar-refractivity contribution in [3.63, 3.8) is 0 Å². The molecule has 2 N–H and O–H groups in total. The topological polar surface area (TPSA) is 59.6 Å². The standard InChI is InChI=1S/C19H22Cl2N2O3/c1-12(14-5-6-15(20)16(21)11-14)23-19(24)22-9-8-13-4-7-17(25-2)18(10-13)26-3/h4-7,10-12H,8-9H2,1-3H3,(H2,22,23,24). The SMILES string of the molecule is COc1ccc(CCNC(=O)NC(C)c2ccc(Cl)c(Cl)c2)cc1OC.